The summed E-state index contributed by atoms with van der Waals surface area (Å²) in [5.74, 6) is 1.71. The molecule has 2 unspecified atom stereocenters. The minimum Gasteiger partial charge on any atom is -0.389 e. The van der Waals surface area contributed by atoms with Gasteiger partial charge in [0.25, 0.3) is 0 Å². The molecular weight excluding hydrogens is 312 g/mol. The van der Waals surface area contributed by atoms with Gasteiger partial charge in [0.2, 0.25) is 0 Å². The highest BCUT2D eigenvalue weighted by Crippen LogP contribution is 2.65. The third-order valence-electron chi connectivity index (χ3n) is 8.18. The fourth-order valence-corrected chi connectivity index (χ4v) is 7.01. The quantitative estimate of drug-likeness (QED) is 0.775. The Morgan fingerprint density at radius 3 is 2.80 bits per heavy atom. The molecule has 2 fully saturated rings. The van der Waals surface area contributed by atoms with E-state index >= 15 is 0 Å². The molecule has 0 aromatic heterocycles. The van der Waals surface area contributed by atoms with Crippen LogP contribution < -0.4 is 0 Å². The maximum Gasteiger partial charge on any atom is 0.162 e. The summed E-state index contributed by atoms with van der Waals surface area (Å²) in [6, 6.07) is 0. The van der Waals surface area contributed by atoms with Gasteiger partial charge in [-0.2, -0.15) is 0 Å². The first-order valence-corrected chi connectivity index (χ1v) is 9.89. The average molecular weight is 342 g/mol. The molecular formula is C22H30O3. The molecule has 0 spiro atoms. The smallest absolute Gasteiger partial charge is 0.162 e. The summed E-state index contributed by atoms with van der Waals surface area (Å²) in [7, 11) is 0. The predicted molar refractivity (Wildman–Crippen MR) is 96.8 cm³/mol. The van der Waals surface area contributed by atoms with Crippen LogP contribution in [-0.2, 0) is 9.59 Å². The van der Waals surface area contributed by atoms with Gasteiger partial charge in [0, 0.05) is 17.8 Å². The SMILES string of the molecule is C[C@H]1CC2C3CCC4=CC(=O)CC[C@]4(C)C3=CC[C@]2(C)[C@H]1C(=O)CO. The maximum absolute atomic E-state index is 12.5. The van der Waals surface area contributed by atoms with Gasteiger partial charge in [0.05, 0.1) is 0 Å². The number of Topliss-reactive ketones (excluding diaryl/α,β-unsaturated/α-hetero) is 1. The summed E-state index contributed by atoms with van der Waals surface area (Å²) in [4.78, 5) is 24.3. The third-order valence-corrected chi connectivity index (χ3v) is 8.18. The summed E-state index contributed by atoms with van der Waals surface area (Å²) in [6.45, 7) is 6.48. The van der Waals surface area contributed by atoms with E-state index in [-0.39, 0.29) is 34.9 Å². The standard InChI is InChI=1S/C22H30O3/c1-13-10-18-16-5-4-14-11-15(24)6-8-21(14,2)17(16)7-9-22(18,3)20(13)19(25)12-23/h7,11,13,16,18,20,23H,4-6,8-10,12H2,1-3H3/t13-,16?,18?,20+,21-,22-/m0/s1. The minimum absolute atomic E-state index is 0.0158. The Balaban J connectivity index is 1.74. The first-order chi connectivity index (χ1) is 11.8. The van der Waals surface area contributed by atoms with Crippen LogP contribution in [0.5, 0.6) is 0 Å². The van der Waals surface area contributed by atoms with E-state index in [2.05, 4.69) is 26.8 Å². The van der Waals surface area contributed by atoms with E-state index in [1.54, 1.807) is 5.57 Å². The van der Waals surface area contributed by atoms with E-state index < -0.39 is 0 Å². The topological polar surface area (TPSA) is 54.4 Å². The Kier molecular flexibility index (Phi) is 3.88. The van der Waals surface area contributed by atoms with Crippen LogP contribution >= 0.6 is 0 Å². The van der Waals surface area contributed by atoms with Gasteiger partial charge in [-0.05, 0) is 61.3 Å². The number of rotatable bonds is 2. The molecule has 0 radical (unpaired) electrons. The van der Waals surface area contributed by atoms with E-state index in [9.17, 15) is 14.7 Å². The lowest BCUT2D eigenvalue weighted by Gasteiger charge is -2.53. The molecule has 0 aromatic rings. The number of fused-ring (bicyclic) bond motifs is 5. The van der Waals surface area contributed by atoms with Crippen molar-refractivity contribution < 1.29 is 14.7 Å². The molecule has 3 nitrogen and oxygen atoms in total. The van der Waals surface area contributed by atoms with Crippen molar-refractivity contribution in [3.8, 4) is 0 Å². The molecule has 6 atom stereocenters. The van der Waals surface area contributed by atoms with Crippen LogP contribution in [0, 0.1) is 34.5 Å². The Bertz CT molecular complexity index is 687. The Morgan fingerprint density at radius 2 is 2.08 bits per heavy atom. The van der Waals surface area contributed by atoms with Crippen molar-refractivity contribution in [2.45, 2.75) is 59.3 Å². The summed E-state index contributed by atoms with van der Waals surface area (Å²) >= 11 is 0. The lowest BCUT2D eigenvalue weighted by molar-refractivity contribution is -0.131. The first kappa shape index (κ1) is 17.2. The van der Waals surface area contributed by atoms with Crippen LogP contribution in [0.25, 0.3) is 0 Å². The second kappa shape index (κ2) is 5.64. The Labute approximate surface area is 150 Å². The van der Waals surface area contributed by atoms with E-state index in [4.69, 9.17) is 0 Å². The van der Waals surface area contributed by atoms with Crippen LogP contribution in [0.1, 0.15) is 59.3 Å². The molecule has 4 aliphatic rings. The zero-order valence-corrected chi connectivity index (χ0v) is 15.7. The summed E-state index contributed by atoms with van der Waals surface area (Å²) in [5, 5.41) is 9.47. The average Bonchev–Trinajstić information content (AvgIpc) is 2.85. The van der Waals surface area contributed by atoms with Gasteiger partial charge >= 0.3 is 0 Å². The summed E-state index contributed by atoms with van der Waals surface area (Å²) in [5.41, 5.74) is 2.92. The fraction of sp³-hybridized carbons (Fsp3) is 0.727. The summed E-state index contributed by atoms with van der Waals surface area (Å²) < 4.78 is 0. The first-order valence-electron chi connectivity index (χ1n) is 9.89. The third kappa shape index (κ3) is 2.27. The highest BCUT2D eigenvalue weighted by atomic mass is 16.3. The molecule has 0 aromatic carbocycles. The molecule has 25 heavy (non-hydrogen) atoms. The zero-order chi connectivity index (χ0) is 18.0. The summed E-state index contributed by atoms with van der Waals surface area (Å²) in [6.07, 6.45) is 10.1. The van der Waals surface area contributed by atoms with E-state index in [1.165, 1.54) is 5.57 Å². The van der Waals surface area contributed by atoms with Gasteiger partial charge in [0.15, 0.2) is 11.6 Å². The second-order valence-corrected chi connectivity index (χ2v) is 9.40. The van der Waals surface area contributed by atoms with Crippen molar-refractivity contribution in [3.05, 3.63) is 23.3 Å². The maximum atomic E-state index is 12.5. The molecule has 136 valence electrons. The number of carbonyl (C=O) groups excluding carboxylic acids is 2. The highest BCUT2D eigenvalue weighted by Gasteiger charge is 2.59. The van der Waals surface area contributed by atoms with Gasteiger partial charge in [-0.3, -0.25) is 9.59 Å². The van der Waals surface area contributed by atoms with Crippen molar-refractivity contribution >= 4 is 11.6 Å². The number of aliphatic hydroxyl groups excluding tert-OH is 1. The highest BCUT2D eigenvalue weighted by molar-refractivity contribution is 5.92. The van der Waals surface area contributed by atoms with E-state index in [1.807, 2.05) is 6.08 Å². The molecule has 0 heterocycles. The van der Waals surface area contributed by atoms with Crippen LogP contribution in [0.2, 0.25) is 0 Å². The number of ketones is 2. The van der Waals surface area contributed by atoms with Crippen LogP contribution in [-0.4, -0.2) is 23.3 Å². The van der Waals surface area contributed by atoms with Crippen LogP contribution in [0.3, 0.4) is 0 Å². The van der Waals surface area contributed by atoms with Gasteiger partial charge < -0.3 is 5.11 Å². The van der Waals surface area contributed by atoms with Gasteiger partial charge in [-0.15, -0.1) is 0 Å². The lowest BCUT2D eigenvalue weighted by atomic mass is 9.51. The predicted octanol–water partition coefficient (Wildman–Crippen LogP) is 3.86. The number of carbonyl (C=O) groups is 2. The molecule has 0 aliphatic heterocycles. The molecule has 1 N–H and O–H groups in total. The molecule has 0 amide bonds. The van der Waals surface area contributed by atoms with Gasteiger partial charge in [0.1, 0.15) is 6.61 Å². The number of aliphatic hydroxyl groups is 1. The molecule has 3 heteroatoms. The number of hydrogen-bond donors (Lipinski definition) is 1. The largest absolute Gasteiger partial charge is 0.389 e. The molecule has 2 saturated carbocycles. The number of allylic oxidation sites excluding steroid dienone is 4. The van der Waals surface area contributed by atoms with Crippen LogP contribution in [0.4, 0.5) is 0 Å². The molecule has 0 saturated heterocycles. The fourth-order valence-electron chi connectivity index (χ4n) is 7.01. The van der Waals surface area contributed by atoms with Gasteiger partial charge in [-0.25, -0.2) is 0 Å². The van der Waals surface area contributed by atoms with E-state index in [0.717, 1.165) is 32.1 Å². The normalized spacial score (nSPS) is 45.8. The van der Waals surface area contributed by atoms with Crippen LogP contribution in [0.15, 0.2) is 23.3 Å². The zero-order valence-electron chi connectivity index (χ0n) is 15.7. The monoisotopic (exact) mass is 342 g/mol. The second-order valence-electron chi connectivity index (χ2n) is 9.40. The van der Waals surface area contributed by atoms with Gasteiger partial charge in [-0.1, -0.05) is 38.0 Å². The van der Waals surface area contributed by atoms with E-state index in [0.29, 0.717) is 24.2 Å². The molecule has 0 bridgehead atoms. The lowest BCUT2D eigenvalue weighted by Crippen LogP contribution is -2.46. The minimum atomic E-state index is -0.328. The van der Waals surface area contributed by atoms with Crippen molar-refractivity contribution in [1.29, 1.82) is 0 Å². The van der Waals surface area contributed by atoms with Crippen molar-refractivity contribution in [1.82, 2.24) is 0 Å². The van der Waals surface area contributed by atoms with Crippen molar-refractivity contribution in [2.75, 3.05) is 6.61 Å². The molecule has 4 aliphatic carbocycles. The Morgan fingerprint density at radius 1 is 1.32 bits per heavy atom. The Hall–Kier alpha value is -1.22. The molecule has 4 rings (SSSR count). The van der Waals surface area contributed by atoms with Crippen molar-refractivity contribution in [3.63, 3.8) is 0 Å². The van der Waals surface area contributed by atoms with Crippen molar-refractivity contribution in [2.24, 2.45) is 34.5 Å². The number of hydrogen-bond acceptors (Lipinski definition) is 3.